The number of rotatable bonds is 0. The summed E-state index contributed by atoms with van der Waals surface area (Å²) >= 11 is 0. The van der Waals surface area contributed by atoms with Gasteiger partial charge in [-0.2, -0.15) is 5.11 Å². The van der Waals surface area contributed by atoms with Gasteiger partial charge in [-0.3, -0.25) is 9.79 Å². The number of fused-ring (bicyclic) bond motifs is 1. The lowest BCUT2D eigenvalue weighted by atomic mass is 10.1. The second-order valence-corrected chi connectivity index (χ2v) is 1.92. The van der Waals surface area contributed by atoms with Crippen molar-refractivity contribution >= 4 is 12.0 Å². The van der Waals surface area contributed by atoms with Gasteiger partial charge >= 0.3 is 0 Å². The Labute approximate surface area is 56.7 Å². The Balaban J connectivity index is 2.54. The molecule has 48 valence electrons. The Hall–Kier alpha value is -1.58. The van der Waals surface area contributed by atoms with Gasteiger partial charge in [0, 0.05) is 0 Å². The molecule has 0 N–H and O–H groups in total. The average molecular weight is 133 g/mol. The van der Waals surface area contributed by atoms with Crippen LogP contribution in [-0.4, -0.2) is 12.0 Å². The molecule has 0 amide bonds. The molecule has 2 aliphatic rings. The van der Waals surface area contributed by atoms with E-state index in [1.807, 2.05) is 0 Å². The van der Waals surface area contributed by atoms with Gasteiger partial charge in [0.05, 0.1) is 24.2 Å². The fraction of sp³-hybridized carbons (Fsp3) is 0. The molecule has 0 aliphatic carbocycles. The normalized spacial score (nSPS) is 20.6. The number of azo groups is 1. The number of hydrogen-bond donors (Lipinski definition) is 0. The molecule has 4 heteroatoms. The molecule has 0 atom stereocenters. The summed E-state index contributed by atoms with van der Waals surface area (Å²) in [4.78, 5) is 14.6. The molecule has 0 spiro atoms. The van der Waals surface area contributed by atoms with Crippen LogP contribution in [0.25, 0.3) is 0 Å². The molecular weight excluding hydrogens is 130 g/mol. The van der Waals surface area contributed by atoms with Gasteiger partial charge < -0.3 is 0 Å². The average Bonchev–Trinajstić information content (AvgIpc) is 2.36. The Morgan fingerprint density at radius 1 is 1.30 bits per heavy atom. The van der Waals surface area contributed by atoms with Crippen LogP contribution in [0.3, 0.4) is 0 Å². The van der Waals surface area contributed by atoms with Crippen molar-refractivity contribution in [2.45, 2.75) is 0 Å². The Bertz CT molecular complexity index is 303. The molecule has 0 aromatic carbocycles. The maximum absolute atomic E-state index is 10.9. The van der Waals surface area contributed by atoms with Crippen LogP contribution >= 0.6 is 0 Å². The minimum Gasteiger partial charge on any atom is -0.287 e. The third kappa shape index (κ3) is 0.556. The summed E-state index contributed by atoms with van der Waals surface area (Å²) in [5.41, 5.74) is 1.10. The van der Waals surface area contributed by atoms with Crippen molar-refractivity contribution in [1.29, 1.82) is 0 Å². The first kappa shape index (κ1) is 5.22. The van der Waals surface area contributed by atoms with E-state index in [0.29, 0.717) is 11.3 Å². The first-order valence-corrected chi connectivity index (χ1v) is 2.77. The van der Waals surface area contributed by atoms with Crippen LogP contribution in [-0.2, 0) is 4.79 Å². The number of carbonyl (C=O) groups excluding carboxylic acids is 1. The highest BCUT2D eigenvalue weighted by molar-refractivity contribution is 6.37. The first-order chi connectivity index (χ1) is 4.88. The minimum absolute atomic E-state index is 0.123. The molecule has 0 bridgehead atoms. The van der Waals surface area contributed by atoms with E-state index >= 15 is 0 Å². The molecule has 2 aliphatic heterocycles. The molecule has 10 heavy (non-hydrogen) atoms. The van der Waals surface area contributed by atoms with Crippen molar-refractivity contribution in [2.24, 2.45) is 15.2 Å². The molecule has 0 aromatic rings. The monoisotopic (exact) mass is 133 g/mol. The molecule has 0 fully saturated rings. The number of carbonyl (C=O) groups is 1. The van der Waals surface area contributed by atoms with Crippen molar-refractivity contribution in [3.05, 3.63) is 23.7 Å². The van der Waals surface area contributed by atoms with Gasteiger partial charge in [0.2, 0.25) is 5.78 Å². The Morgan fingerprint density at radius 3 is 3.00 bits per heavy atom. The highest BCUT2D eigenvalue weighted by Crippen LogP contribution is 2.21. The van der Waals surface area contributed by atoms with Crippen LogP contribution < -0.4 is 0 Å². The topological polar surface area (TPSA) is 54.1 Å². The van der Waals surface area contributed by atoms with Crippen LogP contribution in [0.5, 0.6) is 0 Å². The predicted molar refractivity (Wildman–Crippen MR) is 34.5 cm³/mol. The van der Waals surface area contributed by atoms with Gasteiger partial charge in [-0.15, -0.1) is 5.11 Å². The summed E-state index contributed by atoms with van der Waals surface area (Å²) in [7, 11) is 0. The van der Waals surface area contributed by atoms with Crippen LogP contribution in [0, 0.1) is 0 Å². The van der Waals surface area contributed by atoms with Crippen molar-refractivity contribution in [2.75, 3.05) is 0 Å². The van der Waals surface area contributed by atoms with Crippen molar-refractivity contribution in [1.82, 2.24) is 0 Å². The summed E-state index contributed by atoms with van der Waals surface area (Å²) in [6, 6.07) is 0. The maximum Gasteiger partial charge on any atom is 0.207 e. The Kier molecular flexibility index (Phi) is 0.887. The third-order valence-corrected chi connectivity index (χ3v) is 1.28. The summed E-state index contributed by atoms with van der Waals surface area (Å²) in [5, 5.41) is 7.24. The molecule has 0 unspecified atom stereocenters. The van der Waals surface area contributed by atoms with Crippen LogP contribution in [0.2, 0.25) is 0 Å². The zero-order valence-electron chi connectivity index (χ0n) is 4.98. The molecule has 0 radical (unpaired) electrons. The first-order valence-electron chi connectivity index (χ1n) is 2.77. The number of Topliss-reactive ketones (excluding diaryl/α,β-unsaturated/α-hetero) is 1. The van der Waals surface area contributed by atoms with E-state index in [0.717, 1.165) is 0 Å². The highest BCUT2D eigenvalue weighted by Gasteiger charge is 2.18. The van der Waals surface area contributed by atoms with E-state index in [-0.39, 0.29) is 5.78 Å². The molecule has 0 saturated carbocycles. The SMILES string of the molecule is O=C1C=NC=C2N=NC=C12. The lowest BCUT2D eigenvalue weighted by Crippen LogP contribution is -2.06. The molecule has 0 saturated heterocycles. The fourth-order valence-corrected chi connectivity index (χ4v) is 0.799. The van der Waals surface area contributed by atoms with Gasteiger partial charge in [0.1, 0.15) is 5.70 Å². The lowest BCUT2D eigenvalue weighted by Gasteiger charge is -1.98. The Morgan fingerprint density at radius 2 is 2.20 bits per heavy atom. The summed E-state index contributed by atoms with van der Waals surface area (Å²) in [6.07, 6.45) is 4.22. The summed E-state index contributed by atoms with van der Waals surface area (Å²) in [5.74, 6) is -0.123. The van der Waals surface area contributed by atoms with Gasteiger partial charge in [0.15, 0.2) is 0 Å². The van der Waals surface area contributed by atoms with Crippen molar-refractivity contribution in [3.63, 3.8) is 0 Å². The maximum atomic E-state index is 10.9. The smallest absolute Gasteiger partial charge is 0.207 e. The van der Waals surface area contributed by atoms with E-state index in [4.69, 9.17) is 0 Å². The van der Waals surface area contributed by atoms with E-state index < -0.39 is 0 Å². The zero-order chi connectivity index (χ0) is 6.97. The largest absolute Gasteiger partial charge is 0.287 e. The lowest BCUT2D eigenvalue weighted by molar-refractivity contribution is -0.109. The molecular formula is C6H3N3O. The van der Waals surface area contributed by atoms with Crippen molar-refractivity contribution < 1.29 is 4.79 Å². The minimum atomic E-state index is -0.123. The van der Waals surface area contributed by atoms with Crippen LogP contribution in [0.4, 0.5) is 0 Å². The number of allylic oxidation sites excluding steroid dienone is 1. The second-order valence-electron chi connectivity index (χ2n) is 1.92. The van der Waals surface area contributed by atoms with E-state index in [1.165, 1.54) is 18.6 Å². The molecule has 2 rings (SSSR count). The van der Waals surface area contributed by atoms with Crippen LogP contribution in [0.1, 0.15) is 0 Å². The third-order valence-electron chi connectivity index (χ3n) is 1.28. The van der Waals surface area contributed by atoms with Gasteiger partial charge in [-0.25, -0.2) is 0 Å². The number of aliphatic imine (C=N–C) groups is 1. The zero-order valence-corrected chi connectivity index (χ0v) is 4.98. The summed E-state index contributed by atoms with van der Waals surface area (Å²) < 4.78 is 0. The van der Waals surface area contributed by atoms with Gasteiger partial charge in [0.25, 0.3) is 0 Å². The standard InChI is InChI=1S/C6H3N3O/c10-6-3-7-2-5-4(6)1-8-9-5/h1-3H. The van der Waals surface area contributed by atoms with E-state index in [1.54, 1.807) is 0 Å². The second kappa shape index (κ2) is 1.70. The predicted octanol–water partition coefficient (Wildman–Crippen LogP) is 0.831. The quantitative estimate of drug-likeness (QED) is 0.482. The number of hydrogen-bond acceptors (Lipinski definition) is 4. The molecule has 2 heterocycles. The van der Waals surface area contributed by atoms with Gasteiger partial charge in [-0.1, -0.05) is 0 Å². The molecule has 0 aromatic heterocycles. The molecule has 4 nitrogen and oxygen atoms in total. The van der Waals surface area contributed by atoms with Crippen molar-refractivity contribution in [3.8, 4) is 0 Å². The fourth-order valence-electron chi connectivity index (χ4n) is 0.799. The van der Waals surface area contributed by atoms with Crippen LogP contribution in [0.15, 0.2) is 38.9 Å². The number of ketones is 1. The number of nitrogens with zero attached hydrogens (tertiary/aromatic N) is 3. The van der Waals surface area contributed by atoms with E-state index in [2.05, 4.69) is 15.2 Å². The summed E-state index contributed by atoms with van der Waals surface area (Å²) in [6.45, 7) is 0. The van der Waals surface area contributed by atoms with E-state index in [9.17, 15) is 4.79 Å². The highest BCUT2D eigenvalue weighted by atomic mass is 16.1. The van der Waals surface area contributed by atoms with Gasteiger partial charge in [-0.05, 0) is 0 Å².